The lowest BCUT2D eigenvalue weighted by Gasteiger charge is -1.90. The fourth-order valence-electron chi connectivity index (χ4n) is 1.72. The van der Waals surface area contributed by atoms with E-state index in [1.165, 1.54) is 0 Å². The van der Waals surface area contributed by atoms with E-state index in [1.807, 2.05) is 26.2 Å². The summed E-state index contributed by atoms with van der Waals surface area (Å²) in [5.74, 6) is 0.810. The quantitative estimate of drug-likeness (QED) is 0.668. The lowest BCUT2D eigenvalue weighted by atomic mass is 10.3. The lowest BCUT2D eigenvalue weighted by Crippen LogP contribution is -1.84. The Balaban J connectivity index is 2.22. The number of fused-ring (bicyclic) bond motifs is 1. The van der Waals surface area contributed by atoms with Crippen molar-refractivity contribution in [2.24, 2.45) is 7.05 Å². The van der Waals surface area contributed by atoms with Crippen molar-refractivity contribution in [3.63, 3.8) is 0 Å². The first kappa shape index (κ1) is 9.08. The highest BCUT2D eigenvalue weighted by atomic mass is 15.2. The van der Waals surface area contributed by atoms with Gasteiger partial charge in [0, 0.05) is 19.4 Å². The van der Waals surface area contributed by atoms with Crippen LogP contribution in [0.1, 0.15) is 5.56 Å². The van der Waals surface area contributed by atoms with Gasteiger partial charge in [0.1, 0.15) is 5.82 Å². The molecular weight excluding hydrogens is 202 g/mol. The average Bonchev–Trinajstić information content (AvgIpc) is 2.84. The fourth-order valence-corrected chi connectivity index (χ4v) is 1.72. The van der Waals surface area contributed by atoms with E-state index >= 15 is 0 Å². The highest BCUT2D eigenvalue weighted by molar-refractivity contribution is 5.78. The molecule has 5 heteroatoms. The molecule has 0 aliphatic carbocycles. The largest absolute Gasteiger partial charge is 0.336 e. The summed E-state index contributed by atoms with van der Waals surface area (Å²) in [6.07, 6.45) is 5.48. The van der Waals surface area contributed by atoms with Crippen LogP contribution in [0.4, 0.5) is 0 Å². The maximum Gasteiger partial charge on any atom is 0.178 e. The second-order valence-electron chi connectivity index (χ2n) is 3.81. The number of aromatic nitrogens is 5. The zero-order chi connectivity index (χ0) is 11.1. The number of pyridine rings is 1. The van der Waals surface area contributed by atoms with Gasteiger partial charge in [0.25, 0.3) is 0 Å². The van der Waals surface area contributed by atoms with Crippen LogP contribution in [0.25, 0.3) is 22.6 Å². The van der Waals surface area contributed by atoms with Gasteiger partial charge in [0.15, 0.2) is 5.65 Å². The van der Waals surface area contributed by atoms with E-state index in [0.29, 0.717) is 0 Å². The molecule has 0 aliphatic heterocycles. The van der Waals surface area contributed by atoms with Gasteiger partial charge in [-0.25, -0.2) is 9.97 Å². The Morgan fingerprint density at radius 2 is 2.25 bits per heavy atom. The number of nitrogens with zero attached hydrogens (tertiary/aromatic N) is 4. The Kier molecular flexibility index (Phi) is 1.80. The molecule has 3 aromatic rings. The van der Waals surface area contributed by atoms with Crippen LogP contribution in [0.5, 0.6) is 0 Å². The summed E-state index contributed by atoms with van der Waals surface area (Å²) in [4.78, 5) is 11.9. The molecule has 5 nitrogen and oxygen atoms in total. The number of aromatic amines is 1. The predicted octanol–water partition coefficient (Wildman–Crippen LogP) is 1.67. The fraction of sp³-hybridized carbons (Fsp3) is 0.182. The average molecular weight is 213 g/mol. The third-order valence-electron chi connectivity index (χ3n) is 2.58. The minimum absolute atomic E-state index is 0.749. The van der Waals surface area contributed by atoms with Crippen molar-refractivity contribution in [1.82, 2.24) is 24.7 Å². The molecule has 80 valence electrons. The summed E-state index contributed by atoms with van der Waals surface area (Å²) in [6.45, 7) is 2.04. The zero-order valence-electron chi connectivity index (χ0n) is 9.10. The minimum atomic E-state index is 0.749. The smallest absolute Gasteiger partial charge is 0.178 e. The minimum Gasteiger partial charge on any atom is -0.336 e. The van der Waals surface area contributed by atoms with Gasteiger partial charge in [-0.15, -0.1) is 0 Å². The van der Waals surface area contributed by atoms with Gasteiger partial charge in [-0.2, -0.15) is 5.10 Å². The molecule has 3 rings (SSSR count). The van der Waals surface area contributed by atoms with E-state index in [-0.39, 0.29) is 0 Å². The Morgan fingerprint density at radius 1 is 1.38 bits per heavy atom. The number of hydrogen-bond acceptors (Lipinski definition) is 3. The van der Waals surface area contributed by atoms with E-state index < -0.39 is 0 Å². The molecule has 1 N–H and O–H groups in total. The van der Waals surface area contributed by atoms with Crippen LogP contribution < -0.4 is 0 Å². The highest BCUT2D eigenvalue weighted by Gasteiger charge is 2.08. The summed E-state index contributed by atoms with van der Waals surface area (Å²) < 4.78 is 1.75. The van der Waals surface area contributed by atoms with E-state index in [9.17, 15) is 0 Å². The summed E-state index contributed by atoms with van der Waals surface area (Å²) in [5, 5.41) is 4.12. The van der Waals surface area contributed by atoms with Crippen molar-refractivity contribution < 1.29 is 0 Å². The molecule has 3 heterocycles. The molecule has 3 aromatic heterocycles. The molecule has 0 aromatic carbocycles. The monoisotopic (exact) mass is 213 g/mol. The van der Waals surface area contributed by atoms with Crippen molar-refractivity contribution in [1.29, 1.82) is 0 Å². The molecule has 0 fully saturated rings. The Labute approximate surface area is 92.2 Å². The van der Waals surface area contributed by atoms with Crippen LogP contribution >= 0.6 is 0 Å². The van der Waals surface area contributed by atoms with Crippen LogP contribution in [0.3, 0.4) is 0 Å². The van der Waals surface area contributed by atoms with Gasteiger partial charge < -0.3 is 4.98 Å². The topological polar surface area (TPSA) is 59.4 Å². The molecular formula is C11H11N5. The number of imidazole rings is 1. The number of hydrogen-bond donors (Lipinski definition) is 1. The van der Waals surface area contributed by atoms with Crippen LogP contribution in [-0.4, -0.2) is 24.7 Å². The summed E-state index contributed by atoms with van der Waals surface area (Å²) in [7, 11) is 1.88. The van der Waals surface area contributed by atoms with Crippen LogP contribution in [0.15, 0.2) is 24.7 Å². The Hall–Kier alpha value is -2.17. The predicted molar refractivity (Wildman–Crippen MR) is 60.8 cm³/mol. The van der Waals surface area contributed by atoms with Gasteiger partial charge in [-0.05, 0) is 18.6 Å². The highest BCUT2D eigenvalue weighted by Crippen LogP contribution is 2.20. The zero-order valence-corrected chi connectivity index (χ0v) is 9.10. The first-order chi connectivity index (χ1) is 7.74. The number of nitrogens with one attached hydrogen (secondary N) is 1. The summed E-state index contributed by atoms with van der Waals surface area (Å²) in [5.41, 5.74) is 3.85. The standard InChI is InChI=1S/C11H11N5/c1-7-3-4-12-11-9(7)14-10(15-11)8-5-13-16(2)6-8/h3-6H,1-2H3,(H,12,14,15). The third-order valence-corrected chi connectivity index (χ3v) is 2.58. The molecule has 0 saturated heterocycles. The Bertz CT molecular complexity index is 649. The van der Waals surface area contributed by atoms with Crippen LogP contribution in [-0.2, 0) is 7.05 Å². The Morgan fingerprint density at radius 3 is 2.94 bits per heavy atom. The summed E-state index contributed by atoms with van der Waals surface area (Å²) >= 11 is 0. The van der Waals surface area contributed by atoms with Crippen molar-refractivity contribution in [2.75, 3.05) is 0 Å². The SMILES string of the molecule is Cc1ccnc2nc(-c3cnn(C)c3)[nH]c12. The van der Waals surface area contributed by atoms with Gasteiger partial charge >= 0.3 is 0 Å². The maximum absolute atomic E-state index is 4.44. The van der Waals surface area contributed by atoms with E-state index in [4.69, 9.17) is 0 Å². The van der Waals surface area contributed by atoms with E-state index in [1.54, 1.807) is 17.1 Å². The van der Waals surface area contributed by atoms with Gasteiger partial charge in [0.2, 0.25) is 0 Å². The van der Waals surface area contributed by atoms with E-state index in [2.05, 4.69) is 20.1 Å². The van der Waals surface area contributed by atoms with Gasteiger partial charge in [-0.1, -0.05) is 0 Å². The van der Waals surface area contributed by atoms with Crippen molar-refractivity contribution in [3.8, 4) is 11.4 Å². The molecule has 0 saturated carbocycles. The van der Waals surface area contributed by atoms with Crippen LogP contribution in [0, 0.1) is 6.92 Å². The summed E-state index contributed by atoms with van der Waals surface area (Å²) in [6, 6.07) is 1.97. The van der Waals surface area contributed by atoms with Crippen LogP contribution in [0.2, 0.25) is 0 Å². The molecule has 0 spiro atoms. The maximum atomic E-state index is 4.44. The molecule has 0 bridgehead atoms. The first-order valence-electron chi connectivity index (χ1n) is 5.04. The number of H-pyrrole nitrogens is 1. The number of aryl methyl sites for hydroxylation is 2. The molecule has 0 atom stereocenters. The van der Waals surface area contributed by atoms with E-state index in [0.717, 1.165) is 28.1 Å². The second kappa shape index (κ2) is 3.16. The molecule has 16 heavy (non-hydrogen) atoms. The molecule has 0 unspecified atom stereocenters. The van der Waals surface area contributed by atoms with Gasteiger partial charge in [0.05, 0.1) is 17.3 Å². The number of rotatable bonds is 1. The van der Waals surface area contributed by atoms with Crippen molar-refractivity contribution in [3.05, 3.63) is 30.2 Å². The molecule has 0 radical (unpaired) electrons. The first-order valence-corrected chi connectivity index (χ1v) is 5.04. The second-order valence-corrected chi connectivity index (χ2v) is 3.81. The normalized spacial score (nSPS) is 11.1. The third kappa shape index (κ3) is 1.29. The van der Waals surface area contributed by atoms with Gasteiger partial charge in [-0.3, -0.25) is 4.68 Å². The molecule has 0 amide bonds. The van der Waals surface area contributed by atoms with Crippen molar-refractivity contribution in [2.45, 2.75) is 6.92 Å². The molecule has 0 aliphatic rings. The van der Waals surface area contributed by atoms with Crippen molar-refractivity contribution >= 4 is 11.2 Å². The lowest BCUT2D eigenvalue weighted by molar-refractivity contribution is 0.768.